The molecule has 0 aromatic carbocycles. The minimum Gasteiger partial charge on any atom is -0.381 e. The Kier molecular flexibility index (Phi) is 4.67. The maximum absolute atomic E-state index is 12.1. The number of aromatic nitrogens is 4. The van der Waals surface area contributed by atoms with Crippen molar-refractivity contribution in [2.45, 2.75) is 61.4 Å². The maximum Gasteiger partial charge on any atom is 0.210 e. The molecule has 0 amide bonds. The van der Waals surface area contributed by atoms with Crippen LogP contribution < -0.4 is 0 Å². The lowest BCUT2D eigenvalue weighted by molar-refractivity contribution is -0.118. The summed E-state index contributed by atoms with van der Waals surface area (Å²) in [7, 11) is 0. The largest absolute Gasteiger partial charge is 0.381 e. The highest BCUT2D eigenvalue weighted by Crippen LogP contribution is 2.32. The summed E-state index contributed by atoms with van der Waals surface area (Å²) >= 11 is 1.55. The van der Waals surface area contributed by atoms with E-state index in [0.29, 0.717) is 18.2 Å². The average Bonchev–Trinajstić information content (AvgIpc) is 2.85. The number of carbonyl (C=O) groups is 1. The molecule has 0 N–H and O–H groups in total. The highest BCUT2D eigenvalue weighted by Gasteiger charge is 2.27. The molecule has 1 unspecified atom stereocenters. The van der Waals surface area contributed by atoms with Gasteiger partial charge in [-0.25, -0.2) is 4.68 Å². The number of nitrogens with zero attached hydrogens (tertiary/aromatic N) is 4. The summed E-state index contributed by atoms with van der Waals surface area (Å²) in [4.78, 5) is 12.1. The van der Waals surface area contributed by atoms with E-state index in [2.05, 4.69) is 15.5 Å². The van der Waals surface area contributed by atoms with Gasteiger partial charge in [0.15, 0.2) is 0 Å². The average molecular weight is 296 g/mol. The summed E-state index contributed by atoms with van der Waals surface area (Å²) in [5.41, 5.74) is 0. The van der Waals surface area contributed by atoms with Crippen molar-refractivity contribution in [3.63, 3.8) is 0 Å². The third-order valence-electron chi connectivity index (χ3n) is 4.00. The van der Waals surface area contributed by atoms with E-state index in [1.807, 2.05) is 4.68 Å². The molecule has 1 saturated carbocycles. The van der Waals surface area contributed by atoms with Crippen molar-refractivity contribution >= 4 is 17.5 Å². The predicted molar refractivity (Wildman–Crippen MR) is 74.6 cm³/mol. The van der Waals surface area contributed by atoms with E-state index in [4.69, 9.17) is 4.74 Å². The molecule has 7 heteroatoms. The van der Waals surface area contributed by atoms with E-state index in [0.717, 1.165) is 56.9 Å². The quantitative estimate of drug-likeness (QED) is 0.795. The Morgan fingerprint density at radius 3 is 2.85 bits per heavy atom. The van der Waals surface area contributed by atoms with Gasteiger partial charge in [0.2, 0.25) is 5.16 Å². The minimum atomic E-state index is 0.0297. The fourth-order valence-electron chi connectivity index (χ4n) is 2.80. The smallest absolute Gasteiger partial charge is 0.210 e. The molecule has 1 aliphatic heterocycles. The van der Waals surface area contributed by atoms with E-state index in [1.54, 1.807) is 11.8 Å². The van der Waals surface area contributed by atoms with Crippen molar-refractivity contribution in [3.8, 4) is 0 Å². The summed E-state index contributed by atoms with van der Waals surface area (Å²) in [5, 5.41) is 12.9. The summed E-state index contributed by atoms with van der Waals surface area (Å²) < 4.78 is 7.27. The molecule has 1 aromatic rings. The van der Waals surface area contributed by atoms with Crippen LogP contribution in [-0.4, -0.2) is 44.5 Å². The lowest BCUT2D eigenvalue weighted by Crippen LogP contribution is -2.22. The van der Waals surface area contributed by atoms with Crippen LogP contribution in [0.1, 0.15) is 51.0 Å². The van der Waals surface area contributed by atoms with Gasteiger partial charge in [-0.3, -0.25) is 4.79 Å². The number of tetrazole rings is 1. The Balaban J connectivity index is 1.70. The third kappa shape index (κ3) is 3.20. The predicted octanol–water partition coefficient (Wildman–Crippen LogP) is 2.02. The Morgan fingerprint density at radius 1 is 1.15 bits per heavy atom. The van der Waals surface area contributed by atoms with Crippen molar-refractivity contribution in [3.05, 3.63) is 0 Å². The van der Waals surface area contributed by atoms with Crippen molar-refractivity contribution in [1.82, 2.24) is 20.2 Å². The van der Waals surface area contributed by atoms with Gasteiger partial charge in [0, 0.05) is 19.6 Å². The molecule has 1 aromatic heterocycles. The Bertz CT molecular complexity index is 459. The third-order valence-corrected chi connectivity index (χ3v) is 5.26. The van der Waals surface area contributed by atoms with E-state index >= 15 is 0 Å². The second-order valence-corrected chi connectivity index (χ2v) is 6.59. The second kappa shape index (κ2) is 6.67. The number of ether oxygens (including phenoxy) is 1. The molecule has 0 bridgehead atoms. The molecule has 0 radical (unpaired) electrons. The van der Waals surface area contributed by atoms with E-state index < -0.39 is 0 Å². The van der Waals surface area contributed by atoms with Crippen LogP contribution in [0.25, 0.3) is 0 Å². The fourth-order valence-corrected chi connectivity index (χ4v) is 3.97. The lowest BCUT2D eigenvalue weighted by Gasteiger charge is -2.23. The number of hydrogen-bond acceptors (Lipinski definition) is 6. The second-order valence-electron chi connectivity index (χ2n) is 5.42. The fraction of sp³-hybridized carbons (Fsp3) is 0.846. The van der Waals surface area contributed by atoms with Gasteiger partial charge >= 0.3 is 0 Å². The zero-order valence-corrected chi connectivity index (χ0v) is 12.3. The molecule has 3 rings (SSSR count). The molecule has 110 valence electrons. The van der Waals surface area contributed by atoms with Gasteiger partial charge in [-0.2, -0.15) is 0 Å². The number of Topliss-reactive ketones (excluding diaryl/α,β-unsaturated/α-hetero) is 1. The highest BCUT2D eigenvalue weighted by atomic mass is 32.2. The molecule has 2 fully saturated rings. The zero-order chi connectivity index (χ0) is 13.8. The van der Waals surface area contributed by atoms with Crippen molar-refractivity contribution < 1.29 is 9.53 Å². The van der Waals surface area contributed by atoms with Crippen LogP contribution in [-0.2, 0) is 9.53 Å². The molecule has 0 spiro atoms. The van der Waals surface area contributed by atoms with Crippen molar-refractivity contribution in [1.29, 1.82) is 0 Å². The van der Waals surface area contributed by atoms with E-state index in [9.17, 15) is 4.79 Å². The van der Waals surface area contributed by atoms with Crippen LogP contribution in [0.15, 0.2) is 5.16 Å². The van der Waals surface area contributed by atoms with Crippen LogP contribution in [0.3, 0.4) is 0 Å². The summed E-state index contributed by atoms with van der Waals surface area (Å²) in [6.07, 6.45) is 6.85. The van der Waals surface area contributed by atoms with Crippen molar-refractivity contribution in [2.24, 2.45) is 0 Å². The van der Waals surface area contributed by atoms with Gasteiger partial charge in [-0.15, -0.1) is 5.10 Å². The number of ketones is 1. The molecular weight excluding hydrogens is 276 g/mol. The number of rotatable bonds is 3. The maximum atomic E-state index is 12.1. The first-order valence-electron chi connectivity index (χ1n) is 7.39. The van der Waals surface area contributed by atoms with Crippen LogP contribution in [0.4, 0.5) is 0 Å². The summed E-state index contributed by atoms with van der Waals surface area (Å²) in [6.45, 7) is 1.52. The first kappa shape index (κ1) is 14.0. The molecule has 20 heavy (non-hydrogen) atoms. The molecule has 2 aliphatic rings. The standard InChI is InChI=1S/C13H20N4O2S/c18-11-4-2-1-3-5-12(11)20-13-14-15-16-17(13)10-6-8-19-9-7-10/h10,12H,1-9H2. The number of carbonyl (C=O) groups excluding carboxylic acids is 1. The van der Waals surface area contributed by atoms with Crippen LogP contribution >= 0.6 is 11.8 Å². The van der Waals surface area contributed by atoms with Gasteiger partial charge < -0.3 is 4.74 Å². The van der Waals surface area contributed by atoms with Crippen molar-refractivity contribution in [2.75, 3.05) is 13.2 Å². The Morgan fingerprint density at radius 2 is 2.00 bits per heavy atom. The minimum absolute atomic E-state index is 0.0297. The van der Waals surface area contributed by atoms with Gasteiger partial charge in [-0.05, 0) is 36.1 Å². The van der Waals surface area contributed by atoms with Gasteiger partial charge in [-0.1, -0.05) is 24.6 Å². The first-order chi connectivity index (χ1) is 9.84. The SMILES string of the molecule is O=C1CCCCCC1Sc1nnnn1C1CCOCC1. The van der Waals surface area contributed by atoms with Crippen LogP contribution in [0, 0.1) is 0 Å². The zero-order valence-electron chi connectivity index (χ0n) is 11.5. The van der Waals surface area contributed by atoms with Crippen LogP contribution in [0.5, 0.6) is 0 Å². The summed E-state index contributed by atoms with van der Waals surface area (Å²) in [5.74, 6) is 0.356. The van der Waals surface area contributed by atoms with E-state index in [-0.39, 0.29) is 5.25 Å². The molecular formula is C13H20N4O2S. The summed E-state index contributed by atoms with van der Waals surface area (Å²) in [6, 6.07) is 0.308. The monoisotopic (exact) mass is 296 g/mol. The molecule has 1 aliphatic carbocycles. The normalized spacial score (nSPS) is 25.6. The lowest BCUT2D eigenvalue weighted by atomic mass is 10.1. The number of hydrogen-bond donors (Lipinski definition) is 0. The molecule has 1 atom stereocenters. The van der Waals surface area contributed by atoms with Gasteiger partial charge in [0.05, 0.1) is 11.3 Å². The topological polar surface area (TPSA) is 69.9 Å². The number of thioether (sulfide) groups is 1. The van der Waals surface area contributed by atoms with E-state index in [1.165, 1.54) is 0 Å². The Hall–Kier alpha value is -0.950. The van der Waals surface area contributed by atoms with Gasteiger partial charge in [0.1, 0.15) is 5.78 Å². The molecule has 6 nitrogen and oxygen atoms in total. The molecule has 2 heterocycles. The Labute approximate surface area is 122 Å². The highest BCUT2D eigenvalue weighted by molar-refractivity contribution is 8.00. The van der Waals surface area contributed by atoms with Gasteiger partial charge in [0.25, 0.3) is 0 Å². The molecule has 1 saturated heterocycles. The first-order valence-corrected chi connectivity index (χ1v) is 8.27. The van der Waals surface area contributed by atoms with Crippen LogP contribution in [0.2, 0.25) is 0 Å².